The first-order valence-electron chi connectivity index (χ1n) is 4.83. The van der Waals surface area contributed by atoms with E-state index in [-0.39, 0.29) is 12.5 Å². The molecule has 0 spiro atoms. The Balaban J connectivity index is 2.16. The third-order valence-electron chi connectivity index (χ3n) is 2.11. The number of anilines is 1. The molecule has 0 aliphatic carbocycles. The molecule has 0 atom stereocenters. The van der Waals surface area contributed by atoms with Gasteiger partial charge in [0.25, 0.3) is 0 Å². The minimum atomic E-state index is -0.352. The number of esters is 1. The van der Waals surface area contributed by atoms with E-state index in [0.29, 0.717) is 5.95 Å². The molecule has 0 saturated heterocycles. The number of methoxy groups -OCH3 is 1. The van der Waals surface area contributed by atoms with Crippen LogP contribution in [0.1, 0.15) is 5.56 Å². The molecule has 0 bridgehead atoms. The fraction of sp³-hybridized carbons (Fsp3) is 0.300. The molecule has 2 heterocycles. The topological polar surface area (TPSA) is 68.5 Å². The molecule has 0 radical (unpaired) electrons. The number of fused-ring (bicyclic) bond motifs is 1. The number of pyridine rings is 1. The monoisotopic (exact) mass is 220 g/mol. The largest absolute Gasteiger partial charge is 0.468 e. The van der Waals surface area contributed by atoms with E-state index in [1.165, 1.54) is 7.11 Å². The Labute approximate surface area is 92.2 Å². The summed E-state index contributed by atoms with van der Waals surface area (Å²) in [5, 5.41) is 6.93. The van der Waals surface area contributed by atoms with Gasteiger partial charge in [0, 0.05) is 6.20 Å². The van der Waals surface area contributed by atoms with Crippen molar-refractivity contribution in [2.24, 2.45) is 0 Å². The minimum Gasteiger partial charge on any atom is -0.468 e. The molecule has 0 saturated carbocycles. The van der Waals surface area contributed by atoms with E-state index in [1.807, 2.05) is 25.3 Å². The van der Waals surface area contributed by atoms with E-state index in [4.69, 9.17) is 0 Å². The van der Waals surface area contributed by atoms with Gasteiger partial charge in [0.2, 0.25) is 5.95 Å². The summed E-state index contributed by atoms with van der Waals surface area (Å²) < 4.78 is 6.15. The van der Waals surface area contributed by atoms with E-state index < -0.39 is 0 Å². The molecule has 6 heteroatoms. The summed E-state index contributed by atoms with van der Waals surface area (Å²) in [7, 11) is 1.34. The van der Waals surface area contributed by atoms with Crippen LogP contribution in [0.4, 0.5) is 5.95 Å². The van der Waals surface area contributed by atoms with Crippen molar-refractivity contribution in [1.82, 2.24) is 14.6 Å². The first-order valence-corrected chi connectivity index (χ1v) is 4.83. The van der Waals surface area contributed by atoms with Crippen LogP contribution in [0, 0.1) is 6.92 Å². The van der Waals surface area contributed by atoms with E-state index in [1.54, 1.807) is 4.52 Å². The Hall–Kier alpha value is -2.11. The summed E-state index contributed by atoms with van der Waals surface area (Å²) in [5.41, 5.74) is 1.85. The number of hydrogen-bond donors (Lipinski definition) is 1. The van der Waals surface area contributed by atoms with Gasteiger partial charge < -0.3 is 10.1 Å². The van der Waals surface area contributed by atoms with Gasteiger partial charge in [-0.1, -0.05) is 0 Å². The highest BCUT2D eigenvalue weighted by Gasteiger charge is 2.05. The number of aromatic nitrogens is 3. The van der Waals surface area contributed by atoms with Crippen molar-refractivity contribution in [2.45, 2.75) is 6.92 Å². The number of nitrogens with zero attached hydrogens (tertiary/aromatic N) is 3. The van der Waals surface area contributed by atoms with E-state index >= 15 is 0 Å². The number of hydrogen-bond acceptors (Lipinski definition) is 5. The summed E-state index contributed by atoms with van der Waals surface area (Å²) in [6.45, 7) is 2.04. The predicted octanol–water partition coefficient (Wildman–Crippen LogP) is 0.623. The molecule has 84 valence electrons. The third kappa shape index (κ3) is 2.10. The molecule has 0 fully saturated rings. The third-order valence-corrected chi connectivity index (χ3v) is 2.11. The molecule has 16 heavy (non-hydrogen) atoms. The molecule has 0 aromatic carbocycles. The van der Waals surface area contributed by atoms with Gasteiger partial charge in [-0.2, -0.15) is 4.98 Å². The highest BCUT2D eigenvalue weighted by atomic mass is 16.5. The summed E-state index contributed by atoms with van der Waals surface area (Å²) in [5.74, 6) is 0.0611. The van der Waals surface area contributed by atoms with E-state index in [9.17, 15) is 4.79 Å². The van der Waals surface area contributed by atoms with Gasteiger partial charge in [0.15, 0.2) is 5.65 Å². The molecule has 2 rings (SSSR count). The Morgan fingerprint density at radius 2 is 2.44 bits per heavy atom. The average molecular weight is 220 g/mol. The summed E-state index contributed by atoms with van der Waals surface area (Å²) in [4.78, 5) is 15.1. The lowest BCUT2D eigenvalue weighted by Gasteiger charge is -1.97. The van der Waals surface area contributed by atoms with Gasteiger partial charge in [0.1, 0.15) is 6.54 Å². The van der Waals surface area contributed by atoms with Gasteiger partial charge in [-0.3, -0.25) is 4.79 Å². The standard InChI is InChI=1S/C10H12N4O2/c1-7-3-4-14-8(5-7)12-10(13-14)11-6-9(15)16-2/h3-5H,6H2,1-2H3,(H,11,13). The van der Waals surface area contributed by atoms with Crippen LogP contribution in [0.15, 0.2) is 18.3 Å². The second kappa shape index (κ2) is 4.18. The van der Waals surface area contributed by atoms with Crippen molar-refractivity contribution in [2.75, 3.05) is 19.0 Å². The van der Waals surface area contributed by atoms with Crippen molar-refractivity contribution in [3.05, 3.63) is 23.9 Å². The average Bonchev–Trinajstić information content (AvgIpc) is 2.67. The van der Waals surface area contributed by atoms with Gasteiger partial charge in [-0.05, 0) is 24.6 Å². The Morgan fingerprint density at radius 3 is 3.19 bits per heavy atom. The number of carbonyl (C=O) groups excluding carboxylic acids is 1. The first kappa shape index (κ1) is 10.4. The van der Waals surface area contributed by atoms with Gasteiger partial charge in [0.05, 0.1) is 7.11 Å². The number of aryl methyl sites for hydroxylation is 1. The molecular formula is C10H12N4O2. The van der Waals surface area contributed by atoms with Crippen LogP contribution >= 0.6 is 0 Å². The quantitative estimate of drug-likeness (QED) is 0.768. The Morgan fingerprint density at radius 1 is 1.62 bits per heavy atom. The highest BCUT2D eigenvalue weighted by molar-refractivity contribution is 5.74. The van der Waals surface area contributed by atoms with Crippen LogP contribution in [0.5, 0.6) is 0 Å². The van der Waals surface area contributed by atoms with Crippen molar-refractivity contribution in [1.29, 1.82) is 0 Å². The number of nitrogens with one attached hydrogen (secondary N) is 1. The molecule has 2 aromatic heterocycles. The van der Waals surface area contributed by atoms with E-state index in [2.05, 4.69) is 20.1 Å². The number of carbonyl (C=O) groups is 1. The normalized spacial score (nSPS) is 10.4. The molecular weight excluding hydrogens is 208 g/mol. The zero-order valence-electron chi connectivity index (χ0n) is 9.10. The van der Waals surface area contributed by atoms with Crippen LogP contribution in [0.2, 0.25) is 0 Å². The molecule has 6 nitrogen and oxygen atoms in total. The van der Waals surface area contributed by atoms with Crippen LogP contribution in [0.25, 0.3) is 5.65 Å². The molecule has 2 aromatic rings. The molecule has 0 amide bonds. The Bertz CT molecular complexity index is 521. The van der Waals surface area contributed by atoms with Crippen LogP contribution < -0.4 is 5.32 Å². The molecule has 0 aliphatic heterocycles. The van der Waals surface area contributed by atoms with E-state index in [0.717, 1.165) is 11.2 Å². The van der Waals surface area contributed by atoms with Crippen molar-refractivity contribution < 1.29 is 9.53 Å². The van der Waals surface area contributed by atoms with Crippen molar-refractivity contribution in [3.63, 3.8) is 0 Å². The Kier molecular flexibility index (Phi) is 2.72. The van der Waals surface area contributed by atoms with Crippen LogP contribution in [0.3, 0.4) is 0 Å². The second-order valence-electron chi connectivity index (χ2n) is 3.37. The molecule has 0 aliphatic rings. The fourth-order valence-corrected chi connectivity index (χ4v) is 1.28. The summed E-state index contributed by atoms with van der Waals surface area (Å²) in [6, 6.07) is 3.85. The smallest absolute Gasteiger partial charge is 0.325 e. The van der Waals surface area contributed by atoms with Crippen molar-refractivity contribution in [3.8, 4) is 0 Å². The summed E-state index contributed by atoms with van der Waals surface area (Å²) in [6.07, 6.45) is 1.82. The van der Waals surface area contributed by atoms with Crippen LogP contribution in [-0.4, -0.2) is 34.2 Å². The highest BCUT2D eigenvalue weighted by Crippen LogP contribution is 2.06. The number of rotatable bonds is 3. The zero-order valence-corrected chi connectivity index (χ0v) is 9.10. The van der Waals surface area contributed by atoms with Gasteiger partial charge in [-0.25, -0.2) is 4.52 Å². The van der Waals surface area contributed by atoms with Gasteiger partial charge >= 0.3 is 5.97 Å². The lowest BCUT2D eigenvalue weighted by molar-refractivity contribution is -0.138. The lowest BCUT2D eigenvalue weighted by atomic mass is 10.3. The maximum Gasteiger partial charge on any atom is 0.325 e. The van der Waals surface area contributed by atoms with Gasteiger partial charge in [-0.15, -0.1) is 5.10 Å². The minimum absolute atomic E-state index is 0.0619. The maximum atomic E-state index is 10.9. The lowest BCUT2D eigenvalue weighted by Crippen LogP contribution is -2.15. The SMILES string of the molecule is COC(=O)CNc1nc2cc(C)ccn2n1. The predicted molar refractivity (Wildman–Crippen MR) is 58.2 cm³/mol. The first-order chi connectivity index (χ1) is 7.69. The van der Waals surface area contributed by atoms with Crippen LogP contribution in [-0.2, 0) is 9.53 Å². The molecule has 1 N–H and O–H groups in total. The molecule has 0 unspecified atom stereocenters. The number of ether oxygens (including phenoxy) is 1. The fourth-order valence-electron chi connectivity index (χ4n) is 1.28. The zero-order chi connectivity index (χ0) is 11.5. The van der Waals surface area contributed by atoms with Crippen molar-refractivity contribution >= 4 is 17.6 Å². The summed E-state index contributed by atoms with van der Waals surface area (Å²) >= 11 is 0. The second-order valence-corrected chi connectivity index (χ2v) is 3.37. The maximum absolute atomic E-state index is 10.9.